The van der Waals surface area contributed by atoms with Crippen LogP contribution in [0.5, 0.6) is 11.5 Å². The van der Waals surface area contributed by atoms with Gasteiger partial charge < -0.3 is 25.2 Å². The predicted octanol–water partition coefficient (Wildman–Crippen LogP) is 3.15. The molecule has 0 radical (unpaired) electrons. The van der Waals surface area contributed by atoms with Crippen LogP contribution in [0.3, 0.4) is 0 Å². The van der Waals surface area contributed by atoms with Crippen molar-refractivity contribution in [1.29, 1.82) is 0 Å². The zero-order valence-corrected chi connectivity index (χ0v) is 19.5. The van der Waals surface area contributed by atoms with Gasteiger partial charge in [-0.3, -0.25) is 14.6 Å². The van der Waals surface area contributed by atoms with Gasteiger partial charge in [0.1, 0.15) is 11.5 Å². The van der Waals surface area contributed by atoms with E-state index >= 15 is 0 Å². The molecule has 2 atom stereocenters. The third kappa shape index (κ3) is 3.84. The Balaban J connectivity index is 1.45. The molecule has 170 valence electrons. The van der Waals surface area contributed by atoms with E-state index in [1.165, 1.54) is 27.6 Å². The molecule has 2 amide bonds. The number of ether oxygens (including phenoxy) is 1. The molecule has 3 N–H and O–H groups in total. The second kappa shape index (κ2) is 8.38. The lowest BCUT2D eigenvalue weighted by atomic mass is 10.1. The van der Waals surface area contributed by atoms with E-state index in [-0.39, 0.29) is 24.9 Å². The zero-order valence-electron chi connectivity index (χ0n) is 17.9. The number of nitrogens with one attached hydrogen (secondary N) is 1. The van der Waals surface area contributed by atoms with E-state index in [0.717, 1.165) is 19.7 Å². The van der Waals surface area contributed by atoms with Gasteiger partial charge in [-0.25, -0.2) is 0 Å². The normalized spacial score (nSPS) is 18.2. The van der Waals surface area contributed by atoms with Crippen molar-refractivity contribution in [1.82, 2.24) is 15.2 Å². The van der Waals surface area contributed by atoms with Crippen LogP contribution in [0.25, 0.3) is 20.3 Å². The second-order valence-electron chi connectivity index (χ2n) is 7.85. The summed E-state index contributed by atoms with van der Waals surface area (Å²) < 4.78 is 7.84. The lowest BCUT2D eigenvalue weighted by Crippen LogP contribution is -2.29. The van der Waals surface area contributed by atoms with Crippen LogP contribution in [0, 0.1) is 6.92 Å². The molecule has 8 nitrogen and oxygen atoms in total. The molecule has 5 rings (SSSR count). The number of β-amino-alcohol motifs (C(OH)–C–C–N with tert-alkyl or cyclic N) is 2. The molecule has 0 saturated carbocycles. The van der Waals surface area contributed by atoms with Gasteiger partial charge in [0.25, 0.3) is 11.8 Å². The highest BCUT2D eigenvalue weighted by Gasteiger charge is 2.33. The molecule has 0 spiro atoms. The number of aliphatic hydroxyl groups is 2. The number of aliphatic hydroxyl groups excluding tert-OH is 2. The Labute approximate surface area is 197 Å². The summed E-state index contributed by atoms with van der Waals surface area (Å²) in [5, 5.41) is 23.1. The summed E-state index contributed by atoms with van der Waals surface area (Å²) in [6.45, 7) is 2.12. The van der Waals surface area contributed by atoms with Gasteiger partial charge >= 0.3 is 0 Å². The van der Waals surface area contributed by atoms with Crippen molar-refractivity contribution in [3.63, 3.8) is 0 Å². The van der Waals surface area contributed by atoms with Gasteiger partial charge in [0.2, 0.25) is 0 Å². The van der Waals surface area contributed by atoms with E-state index < -0.39 is 12.2 Å². The van der Waals surface area contributed by atoms with Gasteiger partial charge in [-0.2, -0.15) is 0 Å². The van der Waals surface area contributed by atoms with Crippen LogP contribution in [-0.2, 0) is 0 Å². The standard InChI is InChI=1S/C23H21N3O5S2/c1-11-20(22(29)24-2)13-4-3-12(7-18(13)32-11)31-17-5-6-25-14-8-19(33-21(14)17)23(30)26-9-15(27)16(28)10-26/h3-8,15-16,27-28H,9-10H2,1-2H3,(H,24,29). The average molecular weight is 484 g/mol. The first-order valence-corrected chi connectivity index (χ1v) is 12.0. The quantitative estimate of drug-likeness (QED) is 0.411. The molecule has 1 aliphatic rings. The number of carbonyl (C=O) groups excluding carboxylic acids is 2. The van der Waals surface area contributed by atoms with E-state index in [2.05, 4.69) is 10.3 Å². The van der Waals surface area contributed by atoms with E-state index in [1.54, 1.807) is 25.4 Å². The summed E-state index contributed by atoms with van der Waals surface area (Å²) in [5.41, 5.74) is 1.31. The fourth-order valence-electron chi connectivity index (χ4n) is 3.99. The number of carbonyl (C=O) groups is 2. The third-order valence-corrected chi connectivity index (χ3v) is 7.85. The SMILES string of the molecule is CNC(=O)c1c(C)sc2cc(Oc3ccnc4cc(C(=O)N5CC(O)C(O)C5)sc34)ccc12. The molecule has 1 aliphatic heterocycles. The first-order chi connectivity index (χ1) is 15.9. The first-order valence-electron chi connectivity index (χ1n) is 10.3. The summed E-state index contributed by atoms with van der Waals surface area (Å²) in [6.07, 6.45) is -0.236. The maximum absolute atomic E-state index is 12.9. The van der Waals surface area contributed by atoms with Crippen LogP contribution in [0.4, 0.5) is 0 Å². The van der Waals surface area contributed by atoms with Gasteiger partial charge in [-0.1, -0.05) is 0 Å². The van der Waals surface area contributed by atoms with Crippen LogP contribution < -0.4 is 10.1 Å². The van der Waals surface area contributed by atoms with E-state index in [1.807, 2.05) is 25.1 Å². The number of benzene rings is 1. The molecular formula is C23H21N3O5S2. The Kier molecular flexibility index (Phi) is 5.53. The van der Waals surface area contributed by atoms with Crippen LogP contribution in [0.2, 0.25) is 0 Å². The topological polar surface area (TPSA) is 112 Å². The van der Waals surface area contributed by atoms with Crippen molar-refractivity contribution in [3.05, 3.63) is 51.8 Å². The highest BCUT2D eigenvalue weighted by Crippen LogP contribution is 2.38. The van der Waals surface area contributed by atoms with E-state index in [4.69, 9.17) is 4.74 Å². The maximum atomic E-state index is 12.9. The smallest absolute Gasteiger partial charge is 0.264 e. The van der Waals surface area contributed by atoms with Gasteiger partial charge in [0.15, 0.2) is 0 Å². The Morgan fingerprint density at radius 3 is 2.64 bits per heavy atom. The monoisotopic (exact) mass is 483 g/mol. The van der Waals surface area contributed by atoms with Crippen molar-refractivity contribution < 1.29 is 24.5 Å². The Morgan fingerprint density at radius 1 is 1.15 bits per heavy atom. The summed E-state index contributed by atoms with van der Waals surface area (Å²) in [6, 6.07) is 9.05. The molecule has 4 aromatic rings. The molecule has 2 unspecified atom stereocenters. The Morgan fingerprint density at radius 2 is 1.91 bits per heavy atom. The molecule has 1 fully saturated rings. The number of amides is 2. The largest absolute Gasteiger partial charge is 0.456 e. The van der Waals surface area contributed by atoms with E-state index in [9.17, 15) is 19.8 Å². The number of pyridine rings is 1. The van der Waals surface area contributed by atoms with Gasteiger partial charge in [0, 0.05) is 47.4 Å². The molecule has 0 bridgehead atoms. The lowest BCUT2D eigenvalue weighted by molar-refractivity contribution is 0.0572. The Hall–Kier alpha value is -3.05. The third-order valence-electron chi connectivity index (χ3n) is 5.65. The molecule has 4 heterocycles. The average Bonchev–Trinajstić information content (AvgIpc) is 3.47. The maximum Gasteiger partial charge on any atom is 0.264 e. The van der Waals surface area contributed by atoms with Crippen molar-refractivity contribution >= 4 is 54.8 Å². The molecule has 1 saturated heterocycles. The molecule has 33 heavy (non-hydrogen) atoms. The van der Waals surface area contributed by atoms with Gasteiger partial charge in [-0.05, 0) is 31.2 Å². The molecule has 1 aromatic carbocycles. The first kappa shape index (κ1) is 21.8. The summed E-state index contributed by atoms with van der Waals surface area (Å²) in [5.74, 6) is 0.824. The number of nitrogens with zero attached hydrogens (tertiary/aromatic N) is 2. The fourth-order valence-corrected chi connectivity index (χ4v) is 6.11. The van der Waals surface area contributed by atoms with Crippen LogP contribution in [0.15, 0.2) is 36.5 Å². The highest BCUT2D eigenvalue weighted by atomic mass is 32.1. The minimum Gasteiger partial charge on any atom is -0.456 e. The fraction of sp³-hybridized carbons (Fsp3) is 0.261. The van der Waals surface area contributed by atoms with Crippen molar-refractivity contribution in [2.45, 2.75) is 19.1 Å². The lowest BCUT2D eigenvalue weighted by Gasteiger charge is -2.13. The summed E-state index contributed by atoms with van der Waals surface area (Å²) >= 11 is 2.80. The highest BCUT2D eigenvalue weighted by molar-refractivity contribution is 7.21. The minimum atomic E-state index is -0.930. The molecule has 3 aromatic heterocycles. The Bertz CT molecular complexity index is 1390. The van der Waals surface area contributed by atoms with Gasteiger partial charge in [-0.15, -0.1) is 22.7 Å². The number of likely N-dealkylation sites (tertiary alicyclic amines) is 1. The second-order valence-corrected chi connectivity index (χ2v) is 10.2. The number of rotatable bonds is 4. The van der Waals surface area contributed by atoms with Crippen molar-refractivity contribution in [2.75, 3.05) is 20.1 Å². The minimum absolute atomic E-state index is 0.101. The molecule has 10 heteroatoms. The summed E-state index contributed by atoms with van der Waals surface area (Å²) in [7, 11) is 1.62. The van der Waals surface area contributed by atoms with Crippen molar-refractivity contribution in [2.24, 2.45) is 0 Å². The predicted molar refractivity (Wildman–Crippen MR) is 128 cm³/mol. The molecule has 0 aliphatic carbocycles. The number of aromatic nitrogens is 1. The number of hydrogen-bond donors (Lipinski definition) is 3. The van der Waals surface area contributed by atoms with Crippen LogP contribution in [-0.4, -0.2) is 64.3 Å². The van der Waals surface area contributed by atoms with E-state index in [0.29, 0.717) is 27.5 Å². The zero-order chi connectivity index (χ0) is 23.3. The number of thiophene rings is 2. The van der Waals surface area contributed by atoms with Crippen LogP contribution >= 0.6 is 22.7 Å². The van der Waals surface area contributed by atoms with Crippen LogP contribution in [0.1, 0.15) is 24.9 Å². The van der Waals surface area contributed by atoms with Crippen molar-refractivity contribution in [3.8, 4) is 11.5 Å². The number of fused-ring (bicyclic) bond motifs is 2. The molecular weight excluding hydrogens is 462 g/mol. The van der Waals surface area contributed by atoms with Gasteiger partial charge in [0.05, 0.1) is 32.9 Å². The number of hydrogen-bond acceptors (Lipinski definition) is 8. The summed E-state index contributed by atoms with van der Waals surface area (Å²) in [4.78, 5) is 32.3. The number of aryl methyl sites for hydroxylation is 1.